The molecular formula is C23H19N3O. The first-order chi connectivity index (χ1) is 13.2. The van der Waals surface area contributed by atoms with Crippen molar-refractivity contribution < 1.29 is 4.79 Å². The van der Waals surface area contributed by atoms with Gasteiger partial charge in [0.2, 0.25) is 5.91 Å². The van der Waals surface area contributed by atoms with Gasteiger partial charge < -0.3 is 4.90 Å². The highest BCUT2D eigenvalue weighted by Crippen LogP contribution is 2.35. The Labute approximate surface area is 158 Å². The molecule has 0 fully saturated rings. The quantitative estimate of drug-likeness (QED) is 0.713. The van der Waals surface area contributed by atoms with Crippen LogP contribution in [0.25, 0.3) is 11.1 Å². The molecule has 0 bridgehead atoms. The van der Waals surface area contributed by atoms with E-state index in [2.05, 4.69) is 11.1 Å². The zero-order valence-electron chi connectivity index (χ0n) is 15.1. The van der Waals surface area contributed by atoms with E-state index in [0.29, 0.717) is 18.5 Å². The largest absolute Gasteiger partial charge is 0.310 e. The van der Waals surface area contributed by atoms with Crippen LogP contribution in [0.1, 0.15) is 22.3 Å². The first kappa shape index (κ1) is 17.0. The number of nitriles is 1. The van der Waals surface area contributed by atoms with Crippen molar-refractivity contribution in [2.75, 3.05) is 11.4 Å². The molecule has 0 saturated heterocycles. The van der Waals surface area contributed by atoms with Gasteiger partial charge in [-0.25, -0.2) is 0 Å². The Balaban J connectivity index is 1.61. The molecule has 132 valence electrons. The normalized spacial score (nSPS) is 12.5. The second kappa shape index (κ2) is 7.05. The number of carbonyl (C=O) groups excluding carboxylic acids is 1. The van der Waals surface area contributed by atoms with E-state index in [1.54, 1.807) is 6.20 Å². The lowest BCUT2D eigenvalue weighted by Crippen LogP contribution is -2.30. The van der Waals surface area contributed by atoms with Gasteiger partial charge in [-0.2, -0.15) is 5.26 Å². The SMILES string of the molecule is Cc1ccc(CC(=O)N2CCc3c(-c4ccc(C#N)cc4)cncc32)cc1. The third-order valence-corrected chi connectivity index (χ3v) is 5.01. The van der Waals surface area contributed by atoms with E-state index in [1.165, 1.54) is 5.56 Å². The van der Waals surface area contributed by atoms with Gasteiger partial charge in [-0.3, -0.25) is 9.78 Å². The van der Waals surface area contributed by atoms with Gasteiger partial charge in [0.15, 0.2) is 0 Å². The van der Waals surface area contributed by atoms with Crippen LogP contribution < -0.4 is 4.90 Å². The number of rotatable bonds is 3. The minimum Gasteiger partial charge on any atom is -0.310 e. The summed E-state index contributed by atoms with van der Waals surface area (Å²) in [6.07, 6.45) is 4.82. The molecule has 1 aliphatic rings. The van der Waals surface area contributed by atoms with Crippen LogP contribution in [0.15, 0.2) is 60.9 Å². The summed E-state index contributed by atoms with van der Waals surface area (Å²) in [7, 11) is 0. The molecule has 1 amide bonds. The molecule has 0 atom stereocenters. The molecule has 0 N–H and O–H groups in total. The summed E-state index contributed by atoms with van der Waals surface area (Å²) < 4.78 is 0. The molecule has 1 aromatic heterocycles. The molecule has 4 rings (SSSR count). The number of aromatic nitrogens is 1. The van der Waals surface area contributed by atoms with Crippen molar-refractivity contribution in [2.24, 2.45) is 0 Å². The van der Waals surface area contributed by atoms with Crippen LogP contribution in [0.4, 0.5) is 5.69 Å². The predicted octanol–water partition coefficient (Wildman–Crippen LogP) is 4.06. The molecule has 2 aromatic carbocycles. The van der Waals surface area contributed by atoms with Crippen molar-refractivity contribution in [3.05, 3.63) is 83.2 Å². The number of aryl methyl sites for hydroxylation is 1. The zero-order valence-corrected chi connectivity index (χ0v) is 15.1. The fourth-order valence-corrected chi connectivity index (χ4v) is 3.52. The number of carbonyl (C=O) groups is 1. The van der Waals surface area contributed by atoms with Gasteiger partial charge >= 0.3 is 0 Å². The average molecular weight is 353 g/mol. The highest BCUT2D eigenvalue weighted by atomic mass is 16.2. The Kier molecular flexibility index (Phi) is 4.43. The molecule has 27 heavy (non-hydrogen) atoms. The van der Waals surface area contributed by atoms with Gasteiger partial charge in [0.1, 0.15) is 0 Å². The molecule has 1 aliphatic heterocycles. The maximum Gasteiger partial charge on any atom is 0.231 e. The third kappa shape index (κ3) is 3.32. The fraction of sp³-hybridized carbons (Fsp3) is 0.174. The Morgan fingerprint density at radius 1 is 1.11 bits per heavy atom. The first-order valence-electron chi connectivity index (χ1n) is 8.99. The van der Waals surface area contributed by atoms with E-state index in [0.717, 1.165) is 34.4 Å². The van der Waals surface area contributed by atoms with Crippen LogP contribution in [-0.4, -0.2) is 17.4 Å². The standard InChI is InChI=1S/C23H19N3O/c1-16-2-4-17(5-3-16)12-23(27)26-11-10-20-21(14-25-15-22(20)26)19-8-6-18(13-24)7-9-19/h2-9,14-15H,10-12H2,1H3. The van der Waals surface area contributed by atoms with Gasteiger partial charge in [-0.15, -0.1) is 0 Å². The summed E-state index contributed by atoms with van der Waals surface area (Å²) in [5.41, 5.74) is 6.94. The molecule has 0 aliphatic carbocycles. The first-order valence-corrected chi connectivity index (χ1v) is 8.99. The summed E-state index contributed by atoms with van der Waals surface area (Å²) in [4.78, 5) is 19.1. The minimum atomic E-state index is 0.0939. The van der Waals surface area contributed by atoms with E-state index in [9.17, 15) is 4.79 Å². The van der Waals surface area contributed by atoms with Crippen LogP contribution in [-0.2, 0) is 17.6 Å². The van der Waals surface area contributed by atoms with Crippen LogP contribution in [0.3, 0.4) is 0 Å². The van der Waals surface area contributed by atoms with Gasteiger partial charge in [-0.1, -0.05) is 42.0 Å². The molecule has 0 unspecified atom stereocenters. The van der Waals surface area contributed by atoms with Gasteiger partial charge in [-0.05, 0) is 42.2 Å². The Morgan fingerprint density at radius 3 is 2.56 bits per heavy atom. The van der Waals surface area contributed by atoms with Crippen LogP contribution >= 0.6 is 0 Å². The molecule has 0 saturated carbocycles. The number of pyridine rings is 1. The van der Waals surface area contributed by atoms with Gasteiger partial charge in [0.25, 0.3) is 0 Å². The Bertz CT molecular complexity index is 1030. The zero-order chi connectivity index (χ0) is 18.8. The third-order valence-electron chi connectivity index (χ3n) is 5.01. The monoisotopic (exact) mass is 353 g/mol. The van der Waals surface area contributed by atoms with Crippen molar-refractivity contribution in [3.8, 4) is 17.2 Å². The number of hydrogen-bond donors (Lipinski definition) is 0. The van der Waals surface area contributed by atoms with Crippen LogP contribution in [0.2, 0.25) is 0 Å². The fourth-order valence-electron chi connectivity index (χ4n) is 3.52. The maximum absolute atomic E-state index is 12.9. The number of fused-ring (bicyclic) bond motifs is 1. The molecule has 3 aromatic rings. The number of anilines is 1. The number of amides is 1. The molecule has 2 heterocycles. The summed E-state index contributed by atoms with van der Waals surface area (Å²) in [6.45, 7) is 2.72. The molecule has 0 radical (unpaired) electrons. The summed E-state index contributed by atoms with van der Waals surface area (Å²) in [6, 6.07) is 17.7. The van der Waals surface area contributed by atoms with Crippen molar-refractivity contribution in [2.45, 2.75) is 19.8 Å². The van der Waals surface area contributed by atoms with E-state index in [4.69, 9.17) is 5.26 Å². The van der Waals surface area contributed by atoms with Crippen molar-refractivity contribution in [3.63, 3.8) is 0 Å². The smallest absolute Gasteiger partial charge is 0.231 e. The number of nitrogens with zero attached hydrogens (tertiary/aromatic N) is 3. The lowest BCUT2D eigenvalue weighted by molar-refractivity contribution is -0.117. The average Bonchev–Trinajstić information content (AvgIpc) is 3.14. The lowest BCUT2D eigenvalue weighted by Gasteiger charge is -2.17. The van der Waals surface area contributed by atoms with Crippen LogP contribution in [0, 0.1) is 18.3 Å². The van der Waals surface area contributed by atoms with E-state index >= 15 is 0 Å². The lowest BCUT2D eigenvalue weighted by atomic mass is 9.99. The highest BCUT2D eigenvalue weighted by molar-refractivity contribution is 5.97. The van der Waals surface area contributed by atoms with Crippen molar-refractivity contribution >= 4 is 11.6 Å². The van der Waals surface area contributed by atoms with E-state index < -0.39 is 0 Å². The maximum atomic E-state index is 12.9. The second-order valence-electron chi connectivity index (χ2n) is 6.83. The van der Waals surface area contributed by atoms with E-state index in [1.807, 2.05) is 66.6 Å². The molecule has 0 spiro atoms. The Morgan fingerprint density at radius 2 is 1.85 bits per heavy atom. The summed E-state index contributed by atoms with van der Waals surface area (Å²) in [5, 5.41) is 8.98. The highest BCUT2D eigenvalue weighted by Gasteiger charge is 2.27. The summed E-state index contributed by atoms with van der Waals surface area (Å²) >= 11 is 0. The van der Waals surface area contributed by atoms with Crippen LogP contribution in [0.5, 0.6) is 0 Å². The van der Waals surface area contributed by atoms with Gasteiger partial charge in [0, 0.05) is 18.3 Å². The van der Waals surface area contributed by atoms with Gasteiger partial charge in [0.05, 0.1) is 29.9 Å². The minimum absolute atomic E-state index is 0.0939. The molecule has 4 nitrogen and oxygen atoms in total. The number of hydrogen-bond acceptors (Lipinski definition) is 3. The molecule has 4 heteroatoms. The molecular weight excluding hydrogens is 334 g/mol. The van der Waals surface area contributed by atoms with Crippen molar-refractivity contribution in [1.82, 2.24) is 4.98 Å². The van der Waals surface area contributed by atoms with E-state index in [-0.39, 0.29) is 5.91 Å². The topological polar surface area (TPSA) is 57.0 Å². The Hall–Kier alpha value is -3.45. The summed E-state index contributed by atoms with van der Waals surface area (Å²) in [5.74, 6) is 0.0939. The van der Waals surface area contributed by atoms with Crippen molar-refractivity contribution in [1.29, 1.82) is 5.26 Å². The number of benzene rings is 2. The predicted molar refractivity (Wildman–Crippen MR) is 105 cm³/mol. The second-order valence-corrected chi connectivity index (χ2v) is 6.83.